The van der Waals surface area contributed by atoms with Crippen molar-refractivity contribution in [3.05, 3.63) is 28.7 Å². The van der Waals surface area contributed by atoms with Crippen molar-refractivity contribution in [1.29, 1.82) is 0 Å². The van der Waals surface area contributed by atoms with Gasteiger partial charge in [0.1, 0.15) is 0 Å². The van der Waals surface area contributed by atoms with E-state index in [0.717, 1.165) is 19.3 Å². The number of oxazole rings is 1. The molecule has 1 amide bonds. The van der Waals surface area contributed by atoms with Gasteiger partial charge in [-0.3, -0.25) is 9.36 Å². The minimum absolute atomic E-state index is 0.0456. The second-order valence-corrected chi connectivity index (χ2v) is 7.59. The number of sulfonamides is 1. The monoisotopic (exact) mass is 353 g/mol. The number of aryl methyl sites for hydroxylation is 1. The highest BCUT2D eigenvalue weighted by molar-refractivity contribution is 7.89. The summed E-state index contributed by atoms with van der Waals surface area (Å²) in [5.41, 5.74) is 0.691. The summed E-state index contributed by atoms with van der Waals surface area (Å²) < 4.78 is 33.3. The normalized spacial score (nSPS) is 15.8. The van der Waals surface area contributed by atoms with Crippen molar-refractivity contribution in [2.45, 2.75) is 24.2 Å². The number of piperidine rings is 1. The topological polar surface area (TPSA) is 102 Å². The van der Waals surface area contributed by atoms with Crippen LogP contribution < -0.4 is 10.5 Å². The Kier molecular flexibility index (Phi) is 4.46. The van der Waals surface area contributed by atoms with Crippen molar-refractivity contribution in [2.24, 2.45) is 7.05 Å². The van der Waals surface area contributed by atoms with E-state index >= 15 is 0 Å². The number of carbonyl (C=O) groups excluding carboxylic acids is 1. The third-order valence-corrected chi connectivity index (χ3v) is 5.60. The highest BCUT2D eigenvalue weighted by Crippen LogP contribution is 2.18. The first-order chi connectivity index (χ1) is 11.4. The Morgan fingerprint density at radius 3 is 2.67 bits per heavy atom. The predicted molar refractivity (Wildman–Crippen MR) is 87.1 cm³/mol. The largest absolute Gasteiger partial charge is 0.419 e. The van der Waals surface area contributed by atoms with Crippen LogP contribution in [0.5, 0.6) is 0 Å². The van der Waals surface area contributed by atoms with Gasteiger partial charge < -0.3 is 9.32 Å². The lowest BCUT2D eigenvalue weighted by atomic mass is 10.1. The maximum absolute atomic E-state index is 12.3. The van der Waals surface area contributed by atoms with Crippen LogP contribution in [0.1, 0.15) is 19.3 Å². The second kappa shape index (κ2) is 6.40. The molecule has 1 aromatic heterocycles. The molecule has 3 rings (SSSR count). The fourth-order valence-electron chi connectivity index (χ4n) is 2.78. The van der Waals surface area contributed by atoms with E-state index in [4.69, 9.17) is 4.42 Å². The van der Waals surface area contributed by atoms with Crippen molar-refractivity contribution in [2.75, 3.05) is 19.6 Å². The number of nitrogens with zero attached hydrogens (tertiary/aromatic N) is 2. The standard InChI is InChI=1S/C15H19N3O5S/c1-17-12-6-5-11(9-13(12)23-15(17)20)24(21,22)16-10-14(19)18-7-3-2-4-8-18/h5-6,9,16H,2-4,7-8,10H2,1H3. The number of hydrogen-bond acceptors (Lipinski definition) is 5. The maximum atomic E-state index is 12.3. The van der Waals surface area contributed by atoms with Crippen LogP contribution in [0.3, 0.4) is 0 Å². The number of rotatable bonds is 4. The van der Waals surface area contributed by atoms with Gasteiger partial charge in [-0.15, -0.1) is 0 Å². The fraction of sp³-hybridized carbons (Fsp3) is 0.467. The summed E-state index contributed by atoms with van der Waals surface area (Å²) >= 11 is 0. The number of carbonyl (C=O) groups is 1. The molecule has 0 atom stereocenters. The van der Waals surface area contributed by atoms with Gasteiger partial charge >= 0.3 is 5.76 Å². The van der Waals surface area contributed by atoms with Gasteiger partial charge in [-0.1, -0.05) is 0 Å². The second-order valence-electron chi connectivity index (χ2n) is 5.82. The number of aromatic nitrogens is 1. The van der Waals surface area contributed by atoms with Gasteiger partial charge in [0.05, 0.1) is 17.0 Å². The van der Waals surface area contributed by atoms with Crippen molar-refractivity contribution in [1.82, 2.24) is 14.2 Å². The molecule has 9 heteroatoms. The first-order valence-corrected chi connectivity index (χ1v) is 9.24. The van der Waals surface area contributed by atoms with E-state index in [1.807, 2.05) is 0 Å². The van der Waals surface area contributed by atoms with Crippen LogP contribution >= 0.6 is 0 Å². The molecule has 2 aromatic rings. The van der Waals surface area contributed by atoms with Gasteiger partial charge in [0.15, 0.2) is 5.58 Å². The molecule has 0 radical (unpaired) electrons. The van der Waals surface area contributed by atoms with E-state index < -0.39 is 15.8 Å². The SMILES string of the molecule is Cn1c(=O)oc2cc(S(=O)(=O)NCC(=O)N3CCCCC3)ccc21. The summed E-state index contributed by atoms with van der Waals surface area (Å²) in [6, 6.07) is 4.16. The smallest absolute Gasteiger partial charge is 0.408 e. The van der Waals surface area contributed by atoms with Gasteiger partial charge in [0.25, 0.3) is 0 Å². The average molecular weight is 353 g/mol. The zero-order valence-corrected chi connectivity index (χ0v) is 14.1. The predicted octanol–water partition coefficient (Wildman–Crippen LogP) is 0.422. The van der Waals surface area contributed by atoms with E-state index in [1.54, 1.807) is 4.90 Å². The number of likely N-dealkylation sites (tertiary alicyclic amines) is 1. The van der Waals surface area contributed by atoms with E-state index in [2.05, 4.69) is 4.72 Å². The fourth-order valence-corrected chi connectivity index (χ4v) is 3.77. The van der Waals surface area contributed by atoms with Crippen LogP contribution in [0.15, 0.2) is 32.3 Å². The first kappa shape index (κ1) is 16.7. The zero-order chi connectivity index (χ0) is 17.3. The van der Waals surface area contributed by atoms with Gasteiger partial charge in [-0.05, 0) is 31.4 Å². The quantitative estimate of drug-likeness (QED) is 0.858. The zero-order valence-electron chi connectivity index (χ0n) is 13.3. The highest BCUT2D eigenvalue weighted by atomic mass is 32.2. The third-order valence-electron chi connectivity index (χ3n) is 4.20. The van der Waals surface area contributed by atoms with Crippen LogP contribution in [0.4, 0.5) is 0 Å². The molecule has 1 aromatic carbocycles. The van der Waals surface area contributed by atoms with Crippen LogP contribution in [-0.2, 0) is 21.9 Å². The Morgan fingerprint density at radius 1 is 1.25 bits per heavy atom. The van der Waals surface area contributed by atoms with Gasteiger partial charge in [-0.2, -0.15) is 0 Å². The summed E-state index contributed by atoms with van der Waals surface area (Å²) in [6.07, 6.45) is 2.99. The number of nitrogens with one attached hydrogen (secondary N) is 1. The van der Waals surface area contributed by atoms with Crippen LogP contribution in [0.2, 0.25) is 0 Å². The summed E-state index contributed by atoms with van der Waals surface area (Å²) in [5, 5.41) is 0. The summed E-state index contributed by atoms with van der Waals surface area (Å²) in [5.74, 6) is -0.793. The average Bonchev–Trinajstić information content (AvgIpc) is 2.87. The Hall–Kier alpha value is -2.13. The Labute approximate surface area is 139 Å². The molecule has 8 nitrogen and oxygen atoms in total. The lowest BCUT2D eigenvalue weighted by Gasteiger charge is -2.26. The molecule has 0 saturated carbocycles. The molecule has 0 unspecified atom stereocenters. The van der Waals surface area contributed by atoms with Gasteiger partial charge in [0, 0.05) is 26.2 Å². The van der Waals surface area contributed by atoms with E-state index in [9.17, 15) is 18.0 Å². The molecule has 1 aliphatic rings. The molecule has 0 aliphatic carbocycles. The number of fused-ring (bicyclic) bond motifs is 1. The molecule has 24 heavy (non-hydrogen) atoms. The molecule has 130 valence electrons. The van der Waals surface area contributed by atoms with Crippen molar-refractivity contribution < 1.29 is 17.6 Å². The minimum atomic E-state index is -3.86. The summed E-state index contributed by atoms with van der Waals surface area (Å²) in [6.45, 7) is 1.06. The first-order valence-electron chi connectivity index (χ1n) is 7.75. The number of amides is 1. The summed E-state index contributed by atoms with van der Waals surface area (Å²) in [7, 11) is -2.32. The van der Waals surface area contributed by atoms with Gasteiger partial charge in [0.2, 0.25) is 15.9 Å². The molecule has 1 saturated heterocycles. The molecule has 2 heterocycles. The summed E-state index contributed by atoms with van der Waals surface area (Å²) in [4.78, 5) is 25.2. The molecule has 1 fully saturated rings. The Bertz CT molecular complexity index is 922. The third kappa shape index (κ3) is 3.22. The highest BCUT2D eigenvalue weighted by Gasteiger charge is 2.21. The lowest BCUT2D eigenvalue weighted by Crippen LogP contribution is -2.42. The Morgan fingerprint density at radius 2 is 1.96 bits per heavy atom. The minimum Gasteiger partial charge on any atom is -0.408 e. The van der Waals surface area contributed by atoms with E-state index in [-0.39, 0.29) is 22.9 Å². The molecule has 1 N–H and O–H groups in total. The number of benzene rings is 1. The molecular formula is C15H19N3O5S. The van der Waals surface area contributed by atoms with Gasteiger partial charge in [-0.25, -0.2) is 17.9 Å². The van der Waals surface area contributed by atoms with Crippen LogP contribution in [0.25, 0.3) is 11.1 Å². The van der Waals surface area contributed by atoms with Crippen LogP contribution in [0, 0.1) is 0 Å². The van der Waals surface area contributed by atoms with E-state index in [1.165, 1.54) is 29.8 Å². The van der Waals surface area contributed by atoms with Crippen molar-refractivity contribution in [3.63, 3.8) is 0 Å². The molecule has 1 aliphatic heterocycles. The van der Waals surface area contributed by atoms with Crippen molar-refractivity contribution >= 4 is 27.0 Å². The maximum Gasteiger partial charge on any atom is 0.419 e. The molecular weight excluding hydrogens is 334 g/mol. The van der Waals surface area contributed by atoms with Crippen LogP contribution in [-0.4, -0.2) is 43.4 Å². The van der Waals surface area contributed by atoms with Crippen molar-refractivity contribution in [3.8, 4) is 0 Å². The van der Waals surface area contributed by atoms with E-state index in [0.29, 0.717) is 18.6 Å². The molecule has 0 bridgehead atoms. The lowest BCUT2D eigenvalue weighted by molar-refractivity contribution is -0.130. The number of hydrogen-bond donors (Lipinski definition) is 1. The Balaban J connectivity index is 1.75. The molecule has 0 spiro atoms.